The topological polar surface area (TPSA) is 49.3 Å². The lowest BCUT2D eigenvalue weighted by Crippen LogP contribution is -2.31. The van der Waals surface area contributed by atoms with Crippen LogP contribution in [0.25, 0.3) is 0 Å². The maximum atomic E-state index is 11.0. The van der Waals surface area contributed by atoms with E-state index >= 15 is 0 Å². The Labute approximate surface area is 103 Å². The highest BCUT2D eigenvalue weighted by Crippen LogP contribution is 2.35. The average Bonchev–Trinajstić information content (AvgIpc) is 2.95. The van der Waals surface area contributed by atoms with Gasteiger partial charge in [0.15, 0.2) is 0 Å². The van der Waals surface area contributed by atoms with E-state index in [1.54, 1.807) is 18.2 Å². The summed E-state index contributed by atoms with van der Waals surface area (Å²) in [6, 6.07) is 4.41. The first-order valence-corrected chi connectivity index (χ1v) is 5.77. The quantitative estimate of drug-likeness (QED) is 0.873. The Morgan fingerprint density at radius 3 is 2.31 bits per heavy atom. The lowest BCUT2D eigenvalue weighted by Gasteiger charge is -2.15. The van der Waals surface area contributed by atoms with Gasteiger partial charge in [0, 0.05) is 15.7 Å². The van der Waals surface area contributed by atoms with Gasteiger partial charge in [-0.1, -0.05) is 23.2 Å². The van der Waals surface area contributed by atoms with Crippen LogP contribution in [0.5, 0.6) is 0 Å². The molecule has 1 saturated carbocycles. The van der Waals surface area contributed by atoms with Crippen LogP contribution in [0, 0.1) is 5.92 Å². The molecule has 1 fully saturated rings. The summed E-state index contributed by atoms with van der Waals surface area (Å²) in [5, 5.41) is 13.0. The summed E-state index contributed by atoms with van der Waals surface area (Å²) in [5.41, 5.74) is 0.650. The Morgan fingerprint density at radius 1 is 1.31 bits per heavy atom. The summed E-state index contributed by atoms with van der Waals surface area (Å²) in [4.78, 5) is 11.0. The van der Waals surface area contributed by atoms with E-state index in [4.69, 9.17) is 28.3 Å². The summed E-state index contributed by atoms with van der Waals surface area (Å²) < 4.78 is 0. The van der Waals surface area contributed by atoms with Crippen LogP contribution in [-0.2, 0) is 4.79 Å². The van der Waals surface area contributed by atoms with Crippen molar-refractivity contribution in [3.05, 3.63) is 28.2 Å². The van der Waals surface area contributed by atoms with Crippen LogP contribution in [0.2, 0.25) is 10.0 Å². The molecule has 5 heteroatoms. The van der Waals surface area contributed by atoms with Crippen molar-refractivity contribution in [2.75, 3.05) is 5.32 Å². The van der Waals surface area contributed by atoms with Crippen molar-refractivity contribution < 1.29 is 9.90 Å². The van der Waals surface area contributed by atoms with Gasteiger partial charge in [-0.3, -0.25) is 0 Å². The predicted octanol–water partition coefficient (Wildman–Crippen LogP) is 3.27. The van der Waals surface area contributed by atoms with Gasteiger partial charge in [0.05, 0.1) is 0 Å². The van der Waals surface area contributed by atoms with Gasteiger partial charge in [-0.15, -0.1) is 0 Å². The zero-order valence-corrected chi connectivity index (χ0v) is 9.92. The van der Waals surface area contributed by atoms with Crippen LogP contribution in [-0.4, -0.2) is 17.1 Å². The van der Waals surface area contributed by atoms with E-state index < -0.39 is 12.0 Å². The van der Waals surface area contributed by atoms with E-state index in [0.717, 1.165) is 12.8 Å². The molecule has 0 bridgehead atoms. The predicted molar refractivity (Wildman–Crippen MR) is 64.2 cm³/mol. The first-order valence-electron chi connectivity index (χ1n) is 5.01. The Balaban J connectivity index is 2.14. The number of hydrogen-bond donors (Lipinski definition) is 2. The molecule has 1 unspecified atom stereocenters. The molecule has 0 radical (unpaired) electrons. The van der Waals surface area contributed by atoms with Crippen molar-refractivity contribution in [3.8, 4) is 0 Å². The number of nitrogens with one attached hydrogen (secondary N) is 1. The number of rotatable bonds is 4. The van der Waals surface area contributed by atoms with Gasteiger partial charge < -0.3 is 10.4 Å². The van der Waals surface area contributed by atoms with Crippen molar-refractivity contribution in [3.63, 3.8) is 0 Å². The first-order chi connectivity index (χ1) is 7.56. The number of carboxylic acid groups (broad SMARTS) is 1. The number of hydrogen-bond acceptors (Lipinski definition) is 2. The van der Waals surface area contributed by atoms with E-state index in [2.05, 4.69) is 5.32 Å². The van der Waals surface area contributed by atoms with E-state index in [9.17, 15) is 4.79 Å². The minimum absolute atomic E-state index is 0.218. The van der Waals surface area contributed by atoms with Crippen LogP contribution in [0.3, 0.4) is 0 Å². The van der Waals surface area contributed by atoms with Gasteiger partial charge >= 0.3 is 5.97 Å². The van der Waals surface area contributed by atoms with E-state index in [-0.39, 0.29) is 5.92 Å². The highest BCUT2D eigenvalue weighted by molar-refractivity contribution is 6.35. The monoisotopic (exact) mass is 259 g/mol. The largest absolute Gasteiger partial charge is 0.480 e. The summed E-state index contributed by atoms with van der Waals surface area (Å²) in [7, 11) is 0. The van der Waals surface area contributed by atoms with E-state index in [1.807, 2.05) is 0 Å². The molecule has 0 heterocycles. The molecule has 2 N–H and O–H groups in total. The van der Waals surface area contributed by atoms with Gasteiger partial charge in [-0.05, 0) is 37.0 Å². The second kappa shape index (κ2) is 4.52. The van der Waals surface area contributed by atoms with Gasteiger partial charge in [-0.2, -0.15) is 0 Å². The zero-order chi connectivity index (χ0) is 11.7. The number of carbonyl (C=O) groups is 1. The van der Waals surface area contributed by atoms with Crippen LogP contribution >= 0.6 is 23.2 Å². The SMILES string of the molecule is O=C(O)C(Nc1cc(Cl)cc(Cl)c1)C1CC1. The molecule has 86 valence electrons. The third kappa shape index (κ3) is 2.80. The third-order valence-corrected chi connectivity index (χ3v) is 2.98. The molecule has 2 rings (SSSR count). The first kappa shape index (κ1) is 11.6. The maximum absolute atomic E-state index is 11.0. The van der Waals surface area contributed by atoms with Gasteiger partial charge in [0.1, 0.15) is 6.04 Å². The molecule has 0 aromatic heterocycles. The zero-order valence-electron chi connectivity index (χ0n) is 8.41. The molecular formula is C11H11Cl2NO2. The number of halogens is 2. The summed E-state index contributed by atoms with van der Waals surface area (Å²) in [5.74, 6) is -0.617. The minimum Gasteiger partial charge on any atom is -0.480 e. The molecule has 0 aliphatic heterocycles. The summed E-state index contributed by atoms with van der Waals surface area (Å²) in [6.07, 6.45) is 1.91. The number of carboxylic acids is 1. The minimum atomic E-state index is -0.835. The van der Waals surface area contributed by atoms with Crippen LogP contribution in [0.4, 0.5) is 5.69 Å². The Bertz CT molecular complexity index is 398. The number of benzene rings is 1. The van der Waals surface area contributed by atoms with E-state index in [0.29, 0.717) is 15.7 Å². The molecule has 0 saturated heterocycles. The summed E-state index contributed by atoms with van der Waals surface area (Å²) >= 11 is 11.7. The smallest absolute Gasteiger partial charge is 0.326 e. The third-order valence-electron chi connectivity index (χ3n) is 2.54. The maximum Gasteiger partial charge on any atom is 0.326 e. The summed E-state index contributed by atoms with van der Waals surface area (Å²) in [6.45, 7) is 0. The lowest BCUT2D eigenvalue weighted by atomic mass is 10.1. The Morgan fingerprint density at radius 2 is 1.88 bits per heavy atom. The molecule has 1 aromatic carbocycles. The van der Waals surface area contributed by atoms with Crippen LogP contribution < -0.4 is 5.32 Å². The average molecular weight is 260 g/mol. The van der Waals surface area contributed by atoms with Crippen molar-refractivity contribution in [2.45, 2.75) is 18.9 Å². The molecule has 1 aliphatic rings. The van der Waals surface area contributed by atoms with Crippen LogP contribution in [0.15, 0.2) is 18.2 Å². The van der Waals surface area contributed by atoms with Gasteiger partial charge in [-0.25, -0.2) is 4.79 Å². The standard InChI is InChI=1S/C11H11Cl2NO2/c12-7-3-8(13)5-9(4-7)14-10(11(15)16)6-1-2-6/h3-6,10,14H,1-2H2,(H,15,16). The molecule has 3 nitrogen and oxygen atoms in total. The second-order valence-electron chi connectivity index (χ2n) is 3.96. The Hall–Kier alpha value is -0.930. The molecule has 1 aromatic rings. The molecule has 0 spiro atoms. The fourth-order valence-electron chi connectivity index (χ4n) is 1.63. The second-order valence-corrected chi connectivity index (χ2v) is 4.83. The van der Waals surface area contributed by atoms with Crippen molar-refractivity contribution in [1.29, 1.82) is 0 Å². The van der Waals surface area contributed by atoms with Gasteiger partial charge in [0.25, 0.3) is 0 Å². The molecule has 1 aliphatic carbocycles. The molecular weight excluding hydrogens is 249 g/mol. The van der Waals surface area contributed by atoms with Crippen molar-refractivity contribution >= 4 is 34.9 Å². The normalized spacial score (nSPS) is 16.9. The number of aliphatic carboxylic acids is 1. The highest BCUT2D eigenvalue weighted by atomic mass is 35.5. The van der Waals surface area contributed by atoms with Crippen molar-refractivity contribution in [1.82, 2.24) is 0 Å². The Kier molecular flexibility index (Phi) is 3.26. The fourth-order valence-corrected chi connectivity index (χ4v) is 2.15. The van der Waals surface area contributed by atoms with E-state index in [1.165, 1.54) is 0 Å². The lowest BCUT2D eigenvalue weighted by molar-refractivity contribution is -0.138. The highest BCUT2D eigenvalue weighted by Gasteiger charge is 2.36. The van der Waals surface area contributed by atoms with Gasteiger partial charge in [0.2, 0.25) is 0 Å². The fraction of sp³-hybridized carbons (Fsp3) is 0.364. The molecule has 0 amide bonds. The molecule has 16 heavy (non-hydrogen) atoms. The van der Waals surface area contributed by atoms with Crippen LogP contribution in [0.1, 0.15) is 12.8 Å². The molecule has 1 atom stereocenters. The number of anilines is 1. The van der Waals surface area contributed by atoms with Crippen molar-refractivity contribution in [2.24, 2.45) is 5.92 Å².